The predicted octanol–water partition coefficient (Wildman–Crippen LogP) is 3.06. The number of hydrogen-bond acceptors (Lipinski definition) is 9. The molecule has 30 heavy (non-hydrogen) atoms. The molecular formula is C19H26N2O9. The van der Waals surface area contributed by atoms with Crippen LogP contribution in [0.4, 0.5) is 4.79 Å². The molecular weight excluding hydrogens is 400 g/mol. The molecule has 0 aliphatic rings. The number of nitrogens with one attached hydrogen (secondary N) is 1. The predicted molar refractivity (Wildman–Crippen MR) is 104 cm³/mol. The first kappa shape index (κ1) is 24.7. The van der Waals surface area contributed by atoms with Gasteiger partial charge in [-0.2, -0.15) is 0 Å². The summed E-state index contributed by atoms with van der Waals surface area (Å²) in [6, 6.07) is 2.75. The van der Waals surface area contributed by atoms with E-state index in [0.717, 1.165) is 6.07 Å². The van der Waals surface area contributed by atoms with Crippen LogP contribution in [-0.4, -0.2) is 48.0 Å². The van der Waals surface area contributed by atoms with E-state index in [9.17, 15) is 19.3 Å². The van der Waals surface area contributed by atoms with Gasteiger partial charge < -0.3 is 29.5 Å². The SMILES string of the molecule is CC(NC(=O)OC(C)(C)C)C(=O)Oc1cc(C(=O)O)ccc1OCCCCON=O. The highest BCUT2D eigenvalue weighted by Crippen LogP contribution is 2.29. The largest absolute Gasteiger partial charge is 0.490 e. The highest BCUT2D eigenvalue weighted by molar-refractivity contribution is 5.89. The Morgan fingerprint density at radius 1 is 1.13 bits per heavy atom. The fraction of sp³-hybridized carbons (Fsp3) is 0.526. The van der Waals surface area contributed by atoms with Crippen LogP contribution in [-0.2, 0) is 14.4 Å². The van der Waals surface area contributed by atoms with Crippen molar-refractivity contribution in [2.45, 2.75) is 52.2 Å². The summed E-state index contributed by atoms with van der Waals surface area (Å²) in [5, 5.41) is 13.8. The van der Waals surface area contributed by atoms with Crippen molar-refractivity contribution in [2.24, 2.45) is 5.34 Å². The Morgan fingerprint density at radius 2 is 1.80 bits per heavy atom. The molecule has 0 aliphatic heterocycles. The van der Waals surface area contributed by atoms with Crippen LogP contribution in [0.2, 0.25) is 0 Å². The molecule has 1 aromatic rings. The van der Waals surface area contributed by atoms with E-state index in [4.69, 9.17) is 19.3 Å². The minimum atomic E-state index is -1.21. The molecule has 0 heterocycles. The zero-order valence-corrected chi connectivity index (χ0v) is 17.3. The molecule has 1 unspecified atom stereocenters. The second kappa shape index (κ2) is 11.6. The number of unbranched alkanes of at least 4 members (excludes halogenated alkanes) is 1. The number of esters is 1. The van der Waals surface area contributed by atoms with Gasteiger partial charge in [0.15, 0.2) is 16.8 Å². The molecule has 0 fully saturated rings. The van der Waals surface area contributed by atoms with Crippen molar-refractivity contribution in [3.8, 4) is 11.5 Å². The van der Waals surface area contributed by atoms with Crippen molar-refractivity contribution in [3.05, 3.63) is 28.7 Å². The number of alkyl carbamates (subject to hydrolysis) is 1. The lowest BCUT2D eigenvalue weighted by molar-refractivity contribution is -0.136. The number of carbonyl (C=O) groups is 3. The van der Waals surface area contributed by atoms with Crippen LogP contribution in [0.3, 0.4) is 0 Å². The van der Waals surface area contributed by atoms with Crippen molar-refractivity contribution in [2.75, 3.05) is 13.2 Å². The van der Waals surface area contributed by atoms with Gasteiger partial charge in [0.25, 0.3) is 0 Å². The summed E-state index contributed by atoms with van der Waals surface area (Å²) < 4.78 is 15.9. The number of carboxylic acids is 1. The van der Waals surface area contributed by atoms with E-state index in [1.54, 1.807) is 20.8 Å². The number of amides is 1. The number of rotatable bonds is 11. The van der Waals surface area contributed by atoms with Gasteiger partial charge in [0.2, 0.25) is 0 Å². The molecule has 0 aromatic heterocycles. The zero-order chi connectivity index (χ0) is 22.7. The molecule has 11 heteroatoms. The van der Waals surface area contributed by atoms with Gasteiger partial charge in [-0.1, -0.05) is 0 Å². The molecule has 0 aliphatic carbocycles. The number of carboxylic acid groups (broad SMARTS) is 1. The topological polar surface area (TPSA) is 150 Å². The number of nitrogens with zero attached hydrogens (tertiary/aromatic N) is 1. The van der Waals surface area contributed by atoms with E-state index in [2.05, 4.69) is 15.5 Å². The molecule has 0 bridgehead atoms. The van der Waals surface area contributed by atoms with Gasteiger partial charge >= 0.3 is 18.0 Å². The average molecular weight is 426 g/mol. The number of hydrogen-bond donors (Lipinski definition) is 2. The van der Waals surface area contributed by atoms with Gasteiger partial charge in [-0.15, -0.1) is 4.91 Å². The Balaban J connectivity index is 2.79. The van der Waals surface area contributed by atoms with Gasteiger partial charge in [-0.3, -0.25) is 0 Å². The second-order valence-electron chi connectivity index (χ2n) is 7.22. The van der Waals surface area contributed by atoms with Crippen LogP contribution in [0.5, 0.6) is 11.5 Å². The fourth-order valence-electron chi connectivity index (χ4n) is 2.07. The second-order valence-corrected chi connectivity index (χ2v) is 7.22. The Bertz CT molecular complexity index is 759. The van der Waals surface area contributed by atoms with Crippen LogP contribution in [0, 0.1) is 4.91 Å². The Morgan fingerprint density at radius 3 is 2.40 bits per heavy atom. The molecule has 0 saturated carbocycles. The van der Waals surface area contributed by atoms with E-state index in [1.807, 2.05) is 0 Å². The maximum Gasteiger partial charge on any atom is 0.408 e. The third-order valence-corrected chi connectivity index (χ3v) is 3.43. The molecule has 166 valence electrons. The summed E-state index contributed by atoms with van der Waals surface area (Å²) in [5.41, 5.74) is -0.847. The van der Waals surface area contributed by atoms with Crippen molar-refractivity contribution in [1.82, 2.24) is 5.32 Å². The Hall–Kier alpha value is -3.37. The lowest BCUT2D eigenvalue weighted by atomic mass is 10.2. The molecule has 0 radical (unpaired) electrons. The van der Waals surface area contributed by atoms with Gasteiger partial charge in [-0.05, 0) is 58.7 Å². The molecule has 0 spiro atoms. The number of benzene rings is 1. The summed E-state index contributed by atoms with van der Waals surface area (Å²) in [7, 11) is 0. The molecule has 1 rings (SSSR count). The van der Waals surface area contributed by atoms with Crippen molar-refractivity contribution in [3.63, 3.8) is 0 Å². The number of aromatic carboxylic acids is 1. The summed E-state index contributed by atoms with van der Waals surface area (Å²) in [4.78, 5) is 49.5. The Labute approximate surface area is 173 Å². The van der Waals surface area contributed by atoms with E-state index >= 15 is 0 Å². The van der Waals surface area contributed by atoms with Crippen LogP contribution >= 0.6 is 0 Å². The lowest BCUT2D eigenvalue weighted by Gasteiger charge is -2.21. The minimum absolute atomic E-state index is 0.108. The smallest absolute Gasteiger partial charge is 0.408 e. The fourth-order valence-corrected chi connectivity index (χ4v) is 2.07. The molecule has 1 amide bonds. The molecule has 1 atom stereocenters. The summed E-state index contributed by atoms with van der Waals surface area (Å²) in [5.74, 6) is -2.01. The number of carbonyl (C=O) groups excluding carboxylic acids is 2. The third-order valence-electron chi connectivity index (χ3n) is 3.43. The highest BCUT2D eigenvalue weighted by atomic mass is 16.7. The maximum atomic E-state index is 12.3. The van der Waals surface area contributed by atoms with E-state index in [-0.39, 0.29) is 30.3 Å². The van der Waals surface area contributed by atoms with E-state index in [1.165, 1.54) is 19.1 Å². The van der Waals surface area contributed by atoms with Gasteiger partial charge in [0.1, 0.15) is 18.2 Å². The lowest BCUT2D eigenvalue weighted by Crippen LogP contribution is -2.43. The Kier molecular flexibility index (Phi) is 9.53. The van der Waals surface area contributed by atoms with Crippen molar-refractivity contribution in [1.29, 1.82) is 0 Å². The minimum Gasteiger partial charge on any atom is -0.490 e. The first-order valence-electron chi connectivity index (χ1n) is 9.19. The third kappa shape index (κ3) is 9.22. The quantitative estimate of drug-likeness (QED) is 0.179. The average Bonchev–Trinajstić information content (AvgIpc) is 2.63. The summed E-state index contributed by atoms with van der Waals surface area (Å²) in [6.45, 7) is 6.77. The normalized spacial score (nSPS) is 11.7. The molecule has 1 aromatic carbocycles. The maximum absolute atomic E-state index is 12.3. The molecule has 2 N–H and O–H groups in total. The first-order valence-corrected chi connectivity index (χ1v) is 9.19. The zero-order valence-electron chi connectivity index (χ0n) is 17.3. The van der Waals surface area contributed by atoms with Gasteiger partial charge in [-0.25, -0.2) is 14.4 Å². The number of ether oxygens (including phenoxy) is 3. The first-order chi connectivity index (χ1) is 14.0. The monoisotopic (exact) mass is 426 g/mol. The van der Waals surface area contributed by atoms with E-state index in [0.29, 0.717) is 12.8 Å². The van der Waals surface area contributed by atoms with Crippen LogP contribution in [0.15, 0.2) is 23.5 Å². The van der Waals surface area contributed by atoms with Crippen LogP contribution in [0.25, 0.3) is 0 Å². The van der Waals surface area contributed by atoms with Crippen molar-refractivity contribution >= 4 is 18.0 Å². The van der Waals surface area contributed by atoms with Gasteiger partial charge in [0, 0.05) is 0 Å². The van der Waals surface area contributed by atoms with Crippen LogP contribution in [0.1, 0.15) is 50.9 Å². The highest BCUT2D eigenvalue weighted by Gasteiger charge is 2.23. The standard InChI is InChI=1S/C19H26N2O9/c1-12(20-18(25)30-19(2,3)4)17(24)29-15-11-13(16(22)23)7-8-14(15)27-9-5-6-10-28-21-26/h7-8,11-12H,5-6,9-10H2,1-4H3,(H,20,25)(H,22,23). The molecule has 11 nitrogen and oxygen atoms in total. The van der Waals surface area contributed by atoms with Crippen LogP contribution < -0.4 is 14.8 Å². The van der Waals surface area contributed by atoms with Crippen molar-refractivity contribution < 1.29 is 38.5 Å². The summed E-state index contributed by atoms with van der Waals surface area (Å²) in [6.07, 6.45) is 0.222. The van der Waals surface area contributed by atoms with E-state index < -0.39 is 29.7 Å². The summed E-state index contributed by atoms with van der Waals surface area (Å²) >= 11 is 0. The molecule has 0 saturated heterocycles. The van der Waals surface area contributed by atoms with Gasteiger partial charge in [0.05, 0.1) is 12.2 Å².